The van der Waals surface area contributed by atoms with Crippen molar-refractivity contribution in [2.24, 2.45) is 0 Å². The third-order valence-electron chi connectivity index (χ3n) is 1.94. The molecule has 0 atom stereocenters. The molecule has 0 amide bonds. The Kier molecular flexibility index (Phi) is 3.37. The Bertz CT molecular complexity index is 345. The zero-order chi connectivity index (χ0) is 11.6. The van der Waals surface area contributed by atoms with Crippen molar-refractivity contribution in [3.63, 3.8) is 0 Å². The highest BCUT2D eigenvalue weighted by Crippen LogP contribution is 2.20. The summed E-state index contributed by atoms with van der Waals surface area (Å²) in [6.07, 6.45) is 0.145. The molecule has 3 nitrogen and oxygen atoms in total. The van der Waals surface area contributed by atoms with Crippen molar-refractivity contribution in [1.82, 2.24) is 9.97 Å². The van der Waals surface area contributed by atoms with Crippen LogP contribution in [0.4, 0.5) is 0 Å². The van der Waals surface area contributed by atoms with Crippen molar-refractivity contribution >= 4 is 7.85 Å². The third kappa shape index (κ3) is 3.53. The average molecular weight is 206 g/mol. The van der Waals surface area contributed by atoms with Crippen LogP contribution in [0.15, 0.2) is 6.07 Å². The molecule has 15 heavy (non-hydrogen) atoms. The fourth-order valence-corrected chi connectivity index (χ4v) is 1.23. The largest absolute Gasteiger partial charge is 0.475 e. The number of rotatable bonds is 3. The lowest BCUT2D eigenvalue weighted by molar-refractivity contribution is 0.231. The Hall–Kier alpha value is -1.06. The second-order valence-corrected chi connectivity index (χ2v) is 5.06. The van der Waals surface area contributed by atoms with Crippen LogP contribution in [0.3, 0.4) is 0 Å². The molecular formula is C11H19BN2O. The SMILES string of the molecule is BC(C)(C)c1cc(OC(C)C)nc(C)n1. The normalized spacial score (nSPS) is 11.9. The van der Waals surface area contributed by atoms with Gasteiger partial charge in [-0.15, -0.1) is 0 Å². The van der Waals surface area contributed by atoms with Gasteiger partial charge in [-0.3, -0.25) is 0 Å². The topological polar surface area (TPSA) is 35.0 Å². The van der Waals surface area contributed by atoms with E-state index in [-0.39, 0.29) is 11.4 Å². The molecule has 0 fully saturated rings. The van der Waals surface area contributed by atoms with E-state index in [0.29, 0.717) is 5.88 Å². The smallest absolute Gasteiger partial charge is 0.217 e. The van der Waals surface area contributed by atoms with Crippen LogP contribution in [0.2, 0.25) is 0 Å². The molecule has 0 saturated heterocycles. The summed E-state index contributed by atoms with van der Waals surface area (Å²) in [7, 11) is 2.13. The zero-order valence-corrected chi connectivity index (χ0v) is 10.5. The van der Waals surface area contributed by atoms with Gasteiger partial charge in [-0.1, -0.05) is 13.8 Å². The van der Waals surface area contributed by atoms with Gasteiger partial charge in [-0.25, -0.2) is 4.98 Å². The van der Waals surface area contributed by atoms with Gasteiger partial charge in [-0.2, -0.15) is 4.98 Å². The summed E-state index contributed by atoms with van der Waals surface area (Å²) < 4.78 is 5.58. The highest BCUT2D eigenvalue weighted by molar-refractivity contribution is 6.15. The Morgan fingerprint density at radius 2 is 1.93 bits per heavy atom. The number of ether oxygens (including phenoxy) is 1. The van der Waals surface area contributed by atoms with E-state index in [1.807, 2.05) is 26.8 Å². The molecule has 0 N–H and O–H groups in total. The lowest BCUT2D eigenvalue weighted by Crippen LogP contribution is -2.20. The van der Waals surface area contributed by atoms with Crippen molar-refractivity contribution in [3.8, 4) is 5.88 Å². The number of hydrogen-bond acceptors (Lipinski definition) is 3. The minimum absolute atomic E-state index is 0.0305. The van der Waals surface area contributed by atoms with Gasteiger partial charge in [0.2, 0.25) is 5.88 Å². The Labute approximate surface area is 92.7 Å². The van der Waals surface area contributed by atoms with E-state index in [2.05, 4.69) is 31.7 Å². The van der Waals surface area contributed by atoms with E-state index < -0.39 is 0 Å². The van der Waals surface area contributed by atoms with E-state index in [1.54, 1.807) is 0 Å². The molecule has 1 aromatic rings. The van der Waals surface area contributed by atoms with E-state index in [9.17, 15) is 0 Å². The summed E-state index contributed by atoms with van der Waals surface area (Å²) in [5.41, 5.74) is 1.02. The van der Waals surface area contributed by atoms with Gasteiger partial charge in [0.25, 0.3) is 0 Å². The molecule has 0 unspecified atom stereocenters. The van der Waals surface area contributed by atoms with Crippen LogP contribution in [0.1, 0.15) is 39.2 Å². The summed E-state index contributed by atoms with van der Waals surface area (Å²) in [5, 5.41) is 0.0305. The quantitative estimate of drug-likeness (QED) is 0.702. The molecular weight excluding hydrogens is 187 g/mol. The Morgan fingerprint density at radius 1 is 1.33 bits per heavy atom. The minimum atomic E-state index is 0.0305. The molecule has 82 valence electrons. The van der Waals surface area contributed by atoms with Gasteiger partial charge in [0.05, 0.1) is 6.10 Å². The van der Waals surface area contributed by atoms with E-state index in [1.165, 1.54) is 0 Å². The summed E-state index contributed by atoms with van der Waals surface area (Å²) in [6.45, 7) is 10.1. The average Bonchev–Trinajstić information content (AvgIpc) is 1.99. The molecule has 1 aromatic heterocycles. The van der Waals surface area contributed by atoms with Crippen molar-refractivity contribution in [2.75, 3.05) is 0 Å². The van der Waals surface area contributed by atoms with Gasteiger partial charge >= 0.3 is 0 Å². The molecule has 0 radical (unpaired) electrons. The highest BCUT2D eigenvalue weighted by Gasteiger charge is 2.17. The fourth-order valence-electron chi connectivity index (χ4n) is 1.23. The van der Waals surface area contributed by atoms with Gasteiger partial charge in [0, 0.05) is 11.8 Å². The molecule has 1 heterocycles. The molecule has 0 aliphatic rings. The maximum Gasteiger partial charge on any atom is 0.217 e. The van der Waals surface area contributed by atoms with E-state index in [4.69, 9.17) is 4.74 Å². The first kappa shape index (κ1) is 12.0. The lowest BCUT2D eigenvalue weighted by atomic mass is 9.70. The third-order valence-corrected chi connectivity index (χ3v) is 1.94. The predicted octanol–water partition coefficient (Wildman–Crippen LogP) is 1.44. The van der Waals surface area contributed by atoms with Crippen LogP contribution in [0.5, 0.6) is 5.88 Å². The lowest BCUT2D eigenvalue weighted by Gasteiger charge is -2.19. The summed E-state index contributed by atoms with van der Waals surface area (Å²) in [6, 6.07) is 1.92. The number of aryl methyl sites for hydroxylation is 1. The molecule has 0 spiro atoms. The first-order valence-electron chi connectivity index (χ1n) is 5.32. The standard InChI is InChI=1S/C11H19BN2O/c1-7(2)15-10-6-9(11(4,5)12)13-8(3)14-10/h6-7H,12H2,1-5H3. The molecule has 0 bridgehead atoms. The molecule has 0 saturated carbocycles. The first-order valence-corrected chi connectivity index (χ1v) is 5.32. The van der Waals surface area contributed by atoms with E-state index >= 15 is 0 Å². The van der Waals surface area contributed by atoms with Crippen LogP contribution in [-0.2, 0) is 5.31 Å². The van der Waals surface area contributed by atoms with E-state index in [0.717, 1.165) is 11.5 Å². The monoisotopic (exact) mass is 206 g/mol. The summed E-state index contributed by atoms with van der Waals surface area (Å²) in [5.74, 6) is 1.43. The van der Waals surface area contributed by atoms with Crippen molar-refractivity contribution < 1.29 is 4.74 Å². The van der Waals surface area contributed by atoms with Gasteiger partial charge < -0.3 is 4.74 Å². The molecule has 4 heteroatoms. The Morgan fingerprint density at radius 3 is 2.40 bits per heavy atom. The van der Waals surface area contributed by atoms with Crippen molar-refractivity contribution in [1.29, 1.82) is 0 Å². The number of nitrogens with zero attached hydrogens (tertiary/aromatic N) is 2. The van der Waals surface area contributed by atoms with Gasteiger partial charge in [0.15, 0.2) is 0 Å². The second-order valence-electron chi connectivity index (χ2n) is 5.06. The zero-order valence-electron chi connectivity index (χ0n) is 10.5. The molecule has 0 aliphatic carbocycles. The van der Waals surface area contributed by atoms with Crippen LogP contribution in [0.25, 0.3) is 0 Å². The first-order chi connectivity index (χ1) is 6.79. The Balaban J connectivity index is 3.06. The minimum Gasteiger partial charge on any atom is -0.475 e. The molecule has 1 rings (SSSR count). The van der Waals surface area contributed by atoms with Gasteiger partial charge in [0.1, 0.15) is 13.7 Å². The molecule has 0 aliphatic heterocycles. The number of aromatic nitrogens is 2. The molecule has 0 aromatic carbocycles. The van der Waals surface area contributed by atoms with Crippen LogP contribution >= 0.6 is 0 Å². The number of hydrogen-bond donors (Lipinski definition) is 0. The predicted molar refractivity (Wildman–Crippen MR) is 64.1 cm³/mol. The van der Waals surface area contributed by atoms with Crippen LogP contribution < -0.4 is 4.74 Å². The second kappa shape index (κ2) is 4.21. The van der Waals surface area contributed by atoms with Crippen LogP contribution in [-0.4, -0.2) is 23.9 Å². The fraction of sp³-hybridized carbons (Fsp3) is 0.636. The highest BCUT2D eigenvalue weighted by atomic mass is 16.5. The van der Waals surface area contributed by atoms with Crippen LogP contribution in [0, 0.1) is 6.92 Å². The summed E-state index contributed by atoms with van der Waals surface area (Å²) in [4.78, 5) is 8.68. The maximum absolute atomic E-state index is 5.58. The van der Waals surface area contributed by atoms with Crippen molar-refractivity contribution in [2.45, 2.75) is 46.0 Å². The maximum atomic E-state index is 5.58. The van der Waals surface area contributed by atoms with Crippen molar-refractivity contribution in [3.05, 3.63) is 17.6 Å². The summed E-state index contributed by atoms with van der Waals surface area (Å²) >= 11 is 0. The van der Waals surface area contributed by atoms with Gasteiger partial charge in [-0.05, 0) is 26.1 Å².